The van der Waals surface area contributed by atoms with Crippen LogP contribution < -0.4 is 10.6 Å². The Morgan fingerprint density at radius 1 is 1.29 bits per heavy atom. The van der Waals surface area contributed by atoms with Crippen molar-refractivity contribution < 1.29 is 14.7 Å². The third-order valence-electron chi connectivity index (χ3n) is 4.21. The fraction of sp³-hybridized carbons (Fsp3) is 0.867. The molecular weight excluding hydrogens is 288 g/mol. The van der Waals surface area contributed by atoms with E-state index in [-0.39, 0.29) is 12.1 Å². The van der Waals surface area contributed by atoms with Gasteiger partial charge in [0.1, 0.15) is 6.04 Å². The molecule has 122 valence electrons. The highest BCUT2D eigenvalue weighted by Crippen LogP contribution is 2.30. The summed E-state index contributed by atoms with van der Waals surface area (Å²) in [6, 6.07) is -0.992. The van der Waals surface area contributed by atoms with E-state index in [2.05, 4.69) is 24.5 Å². The van der Waals surface area contributed by atoms with Crippen molar-refractivity contribution in [3.8, 4) is 0 Å². The first-order chi connectivity index (χ1) is 9.95. The molecule has 0 bridgehead atoms. The molecule has 0 aromatic rings. The predicted octanol–water partition coefficient (Wildman–Crippen LogP) is 2.71. The molecule has 0 aromatic heterocycles. The van der Waals surface area contributed by atoms with E-state index >= 15 is 0 Å². The number of rotatable bonds is 7. The van der Waals surface area contributed by atoms with Crippen LogP contribution in [-0.2, 0) is 4.79 Å². The van der Waals surface area contributed by atoms with E-state index in [1.54, 1.807) is 11.8 Å². The SMILES string of the molecule is CSCC[C@H](NC(=O)NC1CCCCC1C(C)C)C(=O)O. The summed E-state index contributed by atoms with van der Waals surface area (Å²) in [5.74, 6) is 0.763. The first kappa shape index (κ1) is 18.1. The molecule has 1 rings (SSSR count). The summed E-state index contributed by atoms with van der Waals surface area (Å²) in [6.07, 6.45) is 6.84. The van der Waals surface area contributed by atoms with E-state index in [1.807, 2.05) is 6.26 Å². The number of nitrogens with one attached hydrogen (secondary N) is 2. The van der Waals surface area contributed by atoms with Crippen molar-refractivity contribution >= 4 is 23.8 Å². The maximum atomic E-state index is 12.1. The van der Waals surface area contributed by atoms with E-state index in [4.69, 9.17) is 5.11 Å². The molecule has 0 radical (unpaired) electrons. The molecule has 3 atom stereocenters. The lowest BCUT2D eigenvalue weighted by molar-refractivity contribution is -0.139. The largest absolute Gasteiger partial charge is 0.480 e. The highest BCUT2D eigenvalue weighted by Gasteiger charge is 2.29. The Morgan fingerprint density at radius 3 is 2.52 bits per heavy atom. The summed E-state index contributed by atoms with van der Waals surface area (Å²) >= 11 is 1.58. The van der Waals surface area contributed by atoms with Gasteiger partial charge in [-0.25, -0.2) is 9.59 Å². The maximum Gasteiger partial charge on any atom is 0.326 e. The van der Waals surface area contributed by atoms with Gasteiger partial charge in [0, 0.05) is 6.04 Å². The highest BCUT2D eigenvalue weighted by atomic mass is 32.2. The highest BCUT2D eigenvalue weighted by molar-refractivity contribution is 7.98. The zero-order valence-electron chi connectivity index (χ0n) is 13.2. The first-order valence-electron chi connectivity index (χ1n) is 7.74. The van der Waals surface area contributed by atoms with E-state index in [0.717, 1.165) is 25.0 Å². The minimum Gasteiger partial charge on any atom is -0.480 e. The van der Waals surface area contributed by atoms with Crippen LogP contribution in [0, 0.1) is 11.8 Å². The van der Waals surface area contributed by atoms with Gasteiger partial charge in [0.2, 0.25) is 0 Å². The van der Waals surface area contributed by atoms with Crippen molar-refractivity contribution in [3.63, 3.8) is 0 Å². The molecule has 0 heterocycles. The van der Waals surface area contributed by atoms with Crippen molar-refractivity contribution in [1.82, 2.24) is 10.6 Å². The van der Waals surface area contributed by atoms with Crippen molar-refractivity contribution in [2.24, 2.45) is 11.8 Å². The lowest BCUT2D eigenvalue weighted by Gasteiger charge is -2.35. The minimum absolute atomic E-state index is 0.161. The molecule has 1 fully saturated rings. The Kier molecular flexibility index (Phi) is 7.93. The van der Waals surface area contributed by atoms with Crippen molar-refractivity contribution in [2.75, 3.05) is 12.0 Å². The third-order valence-corrected chi connectivity index (χ3v) is 4.85. The van der Waals surface area contributed by atoms with E-state index < -0.39 is 12.0 Å². The van der Waals surface area contributed by atoms with Gasteiger partial charge in [-0.2, -0.15) is 11.8 Å². The van der Waals surface area contributed by atoms with Crippen LogP contribution in [0.5, 0.6) is 0 Å². The van der Waals surface area contributed by atoms with Gasteiger partial charge in [-0.05, 0) is 43.1 Å². The topological polar surface area (TPSA) is 78.4 Å². The number of urea groups is 1. The smallest absolute Gasteiger partial charge is 0.326 e. The maximum absolute atomic E-state index is 12.1. The third kappa shape index (κ3) is 6.16. The van der Waals surface area contributed by atoms with Gasteiger partial charge < -0.3 is 15.7 Å². The average Bonchev–Trinajstić information content (AvgIpc) is 2.43. The summed E-state index contributed by atoms with van der Waals surface area (Å²) in [4.78, 5) is 23.2. The second-order valence-electron chi connectivity index (χ2n) is 6.09. The van der Waals surface area contributed by atoms with Crippen LogP contribution in [0.2, 0.25) is 0 Å². The summed E-state index contributed by atoms with van der Waals surface area (Å²) in [5.41, 5.74) is 0. The van der Waals surface area contributed by atoms with Gasteiger partial charge in [-0.3, -0.25) is 0 Å². The molecule has 1 saturated carbocycles. The molecule has 1 aliphatic rings. The van der Waals surface area contributed by atoms with Gasteiger partial charge >= 0.3 is 12.0 Å². The van der Waals surface area contributed by atoms with Gasteiger partial charge in [-0.1, -0.05) is 26.7 Å². The molecule has 0 aromatic carbocycles. The Morgan fingerprint density at radius 2 is 1.95 bits per heavy atom. The van der Waals surface area contributed by atoms with Crippen LogP contribution in [0.3, 0.4) is 0 Å². The normalized spacial score (nSPS) is 23.6. The number of carbonyl (C=O) groups is 2. The number of thioether (sulfide) groups is 1. The number of hydrogen-bond donors (Lipinski definition) is 3. The Labute approximate surface area is 131 Å². The van der Waals surface area contributed by atoms with E-state index in [9.17, 15) is 9.59 Å². The number of carboxylic acids is 1. The fourth-order valence-electron chi connectivity index (χ4n) is 3.00. The molecule has 1 aliphatic carbocycles. The Bertz CT molecular complexity index is 350. The average molecular weight is 316 g/mol. The first-order valence-corrected chi connectivity index (χ1v) is 9.13. The number of amides is 2. The number of aliphatic carboxylic acids is 1. The molecule has 3 N–H and O–H groups in total. The lowest BCUT2D eigenvalue weighted by Crippen LogP contribution is -2.52. The quantitative estimate of drug-likeness (QED) is 0.675. The number of carboxylic acid groups (broad SMARTS) is 1. The van der Waals surface area contributed by atoms with Crippen molar-refractivity contribution in [2.45, 2.75) is 58.0 Å². The van der Waals surface area contributed by atoms with Gasteiger partial charge in [-0.15, -0.1) is 0 Å². The fourth-order valence-corrected chi connectivity index (χ4v) is 3.47. The molecule has 21 heavy (non-hydrogen) atoms. The van der Waals surface area contributed by atoms with Crippen LogP contribution in [-0.4, -0.2) is 41.2 Å². The number of carbonyl (C=O) groups excluding carboxylic acids is 1. The Hall–Kier alpha value is -0.910. The van der Waals surface area contributed by atoms with Crippen LogP contribution in [0.25, 0.3) is 0 Å². The summed E-state index contributed by atoms with van der Waals surface area (Å²) in [7, 11) is 0. The molecule has 0 saturated heterocycles. The molecule has 5 nitrogen and oxygen atoms in total. The van der Waals surface area contributed by atoms with Crippen LogP contribution in [0.1, 0.15) is 46.0 Å². The Balaban J connectivity index is 2.51. The van der Waals surface area contributed by atoms with Gasteiger partial charge in [0.25, 0.3) is 0 Å². The predicted molar refractivity (Wildman–Crippen MR) is 86.7 cm³/mol. The summed E-state index contributed by atoms with van der Waals surface area (Å²) in [5, 5.41) is 14.7. The molecular formula is C15H28N2O3S. The lowest BCUT2D eigenvalue weighted by atomic mass is 9.78. The van der Waals surface area contributed by atoms with Gasteiger partial charge in [0.15, 0.2) is 0 Å². The minimum atomic E-state index is -0.969. The molecule has 2 unspecified atom stereocenters. The van der Waals surface area contributed by atoms with Crippen LogP contribution in [0.15, 0.2) is 0 Å². The molecule has 2 amide bonds. The zero-order chi connectivity index (χ0) is 15.8. The number of hydrogen-bond acceptors (Lipinski definition) is 3. The summed E-state index contributed by atoms with van der Waals surface area (Å²) < 4.78 is 0. The molecule has 0 aliphatic heterocycles. The van der Waals surface area contributed by atoms with Crippen LogP contribution >= 0.6 is 11.8 Å². The summed E-state index contributed by atoms with van der Waals surface area (Å²) in [6.45, 7) is 4.36. The van der Waals surface area contributed by atoms with Crippen molar-refractivity contribution in [3.05, 3.63) is 0 Å². The van der Waals surface area contributed by atoms with Crippen molar-refractivity contribution in [1.29, 1.82) is 0 Å². The second kappa shape index (κ2) is 9.18. The van der Waals surface area contributed by atoms with E-state index in [0.29, 0.717) is 18.3 Å². The molecule has 6 heteroatoms. The second-order valence-corrected chi connectivity index (χ2v) is 7.07. The van der Waals surface area contributed by atoms with Gasteiger partial charge in [0.05, 0.1) is 0 Å². The monoisotopic (exact) mass is 316 g/mol. The van der Waals surface area contributed by atoms with Crippen LogP contribution in [0.4, 0.5) is 4.79 Å². The van der Waals surface area contributed by atoms with E-state index in [1.165, 1.54) is 6.42 Å². The molecule has 0 spiro atoms. The zero-order valence-corrected chi connectivity index (χ0v) is 14.0. The standard InChI is InChI=1S/C15H28N2O3S/c1-10(2)11-6-4-5-7-12(11)16-15(20)17-13(14(18)19)8-9-21-3/h10-13H,4-9H2,1-3H3,(H,18,19)(H2,16,17,20)/t11?,12?,13-/m0/s1.